The van der Waals surface area contributed by atoms with Gasteiger partial charge in [0.1, 0.15) is 5.75 Å². The summed E-state index contributed by atoms with van der Waals surface area (Å²) in [5.41, 5.74) is 0.611. The third kappa shape index (κ3) is 5.46. The minimum Gasteiger partial charge on any atom is -0.506 e. The van der Waals surface area contributed by atoms with Crippen LogP contribution in [0.15, 0.2) is 18.2 Å². The van der Waals surface area contributed by atoms with Crippen molar-refractivity contribution in [2.24, 2.45) is 0 Å². The fraction of sp³-hybridized carbons (Fsp3) is 0.500. The average molecular weight is 288 g/mol. The van der Waals surface area contributed by atoms with Gasteiger partial charge in [0.2, 0.25) is 10.0 Å². The van der Waals surface area contributed by atoms with E-state index in [0.717, 1.165) is 6.26 Å². The lowest BCUT2D eigenvalue weighted by Crippen LogP contribution is -2.27. The van der Waals surface area contributed by atoms with E-state index in [1.54, 1.807) is 6.07 Å². The summed E-state index contributed by atoms with van der Waals surface area (Å²) < 4.78 is 24.3. The Morgan fingerprint density at radius 1 is 1.32 bits per heavy atom. The molecule has 0 aliphatic heterocycles. The van der Waals surface area contributed by atoms with Crippen LogP contribution in [0, 0.1) is 0 Å². The molecule has 0 saturated carbocycles. The lowest BCUT2D eigenvalue weighted by molar-refractivity contribution is 0.171. The first-order valence-corrected chi connectivity index (χ1v) is 7.80. The van der Waals surface area contributed by atoms with Crippen molar-refractivity contribution >= 4 is 15.7 Å². The molecular weight excluding hydrogens is 268 g/mol. The SMILES string of the molecule is CC(C)NC[C@H](O)c1ccc(NS(C)(=O)=O)c(O)c1. The second-order valence-electron chi connectivity index (χ2n) is 4.73. The Morgan fingerprint density at radius 3 is 2.42 bits per heavy atom. The van der Waals surface area contributed by atoms with Crippen molar-refractivity contribution in [3.8, 4) is 5.75 Å². The van der Waals surface area contributed by atoms with Crippen molar-refractivity contribution in [2.75, 3.05) is 17.5 Å². The van der Waals surface area contributed by atoms with Gasteiger partial charge in [-0.3, -0.25) is 4.72 Å². The van der Waals surface area contributed by atoms with E-state index in [-0.39, 0.29) is 17.5 Å². The number of anilines is 1. The molecular formula is C12H20N2O4S. The molecule has 0 aliphatic carbocycles. The van der Waals surface area contributed by atoms with Crippen LogP contribution in [0.3, 0.4) is 0 Å². The Balaban J connectivity index is 2.81. The van der Waals surface area contributed by atoms with Crippen molar-refractivity contribution in [1.82, 2.24) is 5.32 Å². The summed E-state index contributed by atoms with van der Waals surface area (Å²) in [6.45, 7) is 4.28. The van der Waals surface area contributed by atoms with Gasteiger partial charge in [-0.1, -0.05) is 19.9 Å². The molecule has 1 aromatic carbocycles. The highest BCUT2D eigenvalue weighted by Gasteiger charge is 2.12. The quantitative estimate of drug-likeness (QED) is 0.580. The Hall–Kier alpha value is -1.31. The van der Waals surface area contributed by atoms with E-state index in [0.29, 0.717) is 12.1 Å². The zero-order valence-electron chi connectivity index (χ0n) is 11.2. The molecule has 0 unspecified atom stereocenters. The molecule has 0 amide bonds. The van der Waals surface area contributed by atoms with Crippen LogP contribution < -0.4 is 10.0 Å². The van der Waals surface area contributed by atoms with E-state index in [1.807, 2.05) is 13.8 Å². The molecule has 1 atom stereocenters. The van der Waals surface area contributed by atoms with Crippen molar-refractivity contribution in [1.29, 1.82) is 0 Å². The second-order valence-corrected chi connectivity index (χ2v) is 6.48. The normalized spacial score (nSPS) is 13.5. The third-order valence-electron chi connectivity index (χ3n) is 2.42. The zero-order valence-corrected chi connectivity index (χ0v) is 12.0. The molecule has 0 saturated heterocycles. The highest BCUT2D eigenvalue weighted by molar-refractivity contribution is 7.92. The molecule has 0 heterocycles. The van der Waals surface area contributed by atoms with Gasteiger partial charge in [-0.25, -0.2) is 8.42 Å². The Morgan fingerprint density at radius 2 is 1.95 bits per heavy atom. The first kappa shape index (κ1) is 15.7. The van der Waals surface area contributed by atoms with E-state index in [4.69, 9.17) is 0 Å². The first-order chi connectivity index (χ1) is 8.69. The van der Waals surface area contributed by atoms with E-state index < -0.39 is 16.1 Å². The maximum Gasteiger partial charge on any atom is 0.229 e. The average Bonchev–Trinajstić information content (AvgIpc) is 2.27. The Kier molecular flexibility index (Phi) is 5.16. The second kappa shape index (κ2) is 6.23. The standard InChI is InChI=1S/C12H20N2O4S/c1-8(2)13-7-12(16)9-4-5-10(11(15)6-9)14-19(3,17)18/h4-6,8,12-16H,7H2,1-3H3/t12-/m0/s1. The van der Waals surface area contributed by atoms with E-state index in [1.165, 1.54) is 12.1 Å². The minimum atomic E-state index is -3.44. The molecule has 0 aromatic heterocycles. The van der Waals surface area contributed by atoms with Crippen LogP contribution in [0.5, 0.6) is 5.75 Å². The van der Waals surface area contributed by atoms with Crippen molar-refractivity contribution in [2.45, 2.75) is 26.0 Å². The van der Waals surface area contributed by atoms with Gasteiger partial charge in [0, 0.05) is 12.6 Å². The van der Waals surface area contributed by atoms with Crippen LogP contribution in [-0.2, 0) is 10.0 Å². The molecule has 108 valence electrons. The Labute approximate surface area is 113 Å². The van der Waals surface area contributed by atoms with Gasteiger partial charge in [0.05, 0.1) is 18.0 Å². The monoisotopic (exact) mass is 288 g/mol. The van der Waals surface area contributed by atoms with Gasteiger partial charge in [0.15, 0.2) is 0 Å². The fourth-order valence-electron chi connectivity index (χ4n) is 1.51. The van der Waals surface area contributed by atoms with Gasteiger partial charge < -0.3 is 15.5 Å². The van der Waals surface area contributed by atoms with Gasteiger partial charge in [-0.2, -0.15) is 0 Å². The molecule has 0 aliphatic rings. The summed E-state index contributed by atoms with van der Waals surface area (Å²) in [5, 5.41) is 22.7. The zero-order chi connectivity index (χ0) is 14.6. The largest absolute Gasteiger partial charge is 0.506 e. The number of aliphatic hydroxyl groups excluding tert-OH is 1. The molecule has 4 N–H and O–H groups in total. The maximum absolute atomic E-state index is 11.1. The van der Waals surface area contributed by atoms with E-state index >= 15 is 0 Å². The van der Waals surface area contributed by atoms with Crippen LogP contribution in [0.2, 0.25) is 0 Å². The van der Waals surface area contributed by atoms with Crippen molar-refractivity contribution < 1.29 is 18.6 Å². The summed E-state index contributed by atoms with van der Waals surface area (Å²) >= 11 is 0. The summed E-state index contributed by atoms with van der Waals surface area (Å²) in [5.74, 6) is -0.216. The van der Waals surface area contributed by atoms with Gasteiger partial charge in [-0.05, 0) is 17.7 Å². The summed E-state index contributed by atoms with van der Waals surface area (Å²) in [7, 11) is -3.44. The number of nitrogens with one attached hydrogen (secondary N) is 2. The molecule has 1 aromatic rings. The number of hydrogen-bond acceptors (Lipinski definition) is 5. The van der Waals surface area contributed by atoms with Gasteiger partial charge >= 0.3 is 0 Å². The van der Waals surface area contributed by atoms with Crippen LogP contribution in [0.1, 0.15) is 25.5 Å². The van der Waals surface area contributed by atoms with Gasteiger partial charge in [-0.15, -0.1) is 0 Å². The molecule has 0 bridgehead atoms. The summed E-state index contributed by atoms with van der Waals surface area (Å²) in [6.07, 6.45) is 0.238. The van der Waals surface area contributed by atoms with Crippen LogP contribution in [-0.4, -0.2) is 37.5 Å². The molecule has 0 radical (unpaired) electrons. The molecule has 7 heteroatoms. The maximum atomic E-state index is 11.1. The lowest BCUT2D eigenvalue weighted by atomic mass is 10.1. The number of phenolic OH excluding ortho intramolecular Hbond substituents is 1. The number of aromatic hydroxyl groups is 1. The van der Waals surface area contributed by atoms with Crippen molar-refractivity contribution in [3.05, 3.63) is 23.8 Å². The molecule has 0 fully saturated rings. The summed E-state index contributed by atoms with van der Waals surface area (Å²) in [6, 6.07) is 4.58. The number of benzene rings is 1. The Bertz CT molecular complexity index is 529. The number of sulfonamides is 1. The number of phenols is 1. The highest BCUT2D eigenvalue weighted by Crippen LogP contribution is 2.27. The number of aliphatic hydroxyl groups is 1. The lowest BCUT2D eigenvalue weighted by Gasteiger charge is -2.15. The van der Waals surface area contributed by atoms with E-state index in [2.05, 4.69) is 10.0 Å². The molecule has 0 spiro atoms. The smallest absolute Gasteiger partial charge is 0.229 e. The van der Waals surface area contributed by atoms with Gasteiger partial charge in [0.25, 0.3) is 0 Å². The topological polar surface area (TPSA) is 98.7 Å². The van der Waals surface area contributed by atoms with Crippen LogP contribution in [0.25, 0.3) is 0 Å². The minimum absolute atomic E-state index is 0.0928. The predicted octanol–water partition coefficient (Wildman–Crippen LogP) is 0.795. The number of rotatable bonds is 6. The molecule has 6 nitrogen and oxygen atoms in total. The predicted molar refractivity (Wildman–Crippen MR) is 74.7 cm³/mol. The highest BCUT2D eigenvalue weighted by atomic mass is 32.2. The first-order valence-electron chi connectivity index (χ1n) is 5.91. The third-order valence-corrected chi connectivity index (χ3v) is 3.01. The fourth-order valence-corrected chi connectivity index (χ4v) is 2.08. The summed E-state index contributed by atoms with van der Waals surface area (Å²) in [4.78, 5) is 0. The van der Waals surface area contributed by atoms with Crippen LogP contribution >= 0.6 is 0 Å². The molecule has 1 rings (SSSR count). The number of hydrogen-bond donors (Lipinski definition) is 4. The molecule has 19 heavy (non-hydrogen) atoms. The van der Waals surface area contributed by atoms with Crippen molar-refractivity contribution in [3.63, 3.8) is 0 Å². The van der Waals surface area contributed by atoms with Crippen LogP contribution in [0.4, 0.5) is 5.69 Å². The van der Waals surface area contributed by atoms with E-state index in [9.17, 15) is 18.6 Å².